The van der Waals surface area contributed by atoms with Gasteiger partial charge in [-0.15, -0.1) is 11.3 Å². The molecule has 0 radical (unpaired) electrons. The Hall–Kier alpha value is -1.67. The van der Waals surface area contributed by atoms with Crippen LogP contribution in [-0.4, -0.2) is 28.5 Å². The van der Waals surface area contributed by atoms with Gasteiger partial charge in [0.2, 0.25) is 5.13 Å². The first kappa shape index (κ1) is 17.2. The summed E-state index contributed by atoms with van der Waals surface area (Å²) in [6, 6.07) is 0. The molecule has 3 rings (SSSR count). The van der Waals surface area contributed by atoms with Gasteiger partial charge < -0.3 is 15.4 Å². The summed E-state index contributed by atoms with van der Waals surface area (Å²) in [5.41, 5.74) is 7.61. The maximum atomic E-state index is 12.1. The highest BCUT2D eigenvalue weighted by atomic mass is 32.1. The van der Waals surface area contributed by atoms with Gasteiger partial charge in [-0.25, -0.2) is 9.78 Å². The maximum Gasteiger partial charge on any atom is 0.341 e. The number of rotatable bonds is 3. The first-order chi connectivity index (χ1) is 11.3. The van der Waals surface area contributed by atoms with Crippen LogP contribution in [0.1, 0.15) is 54.3 Å². The minimum absolute atomic E-state index is 0.0554. The molecule has 0 atom stereocenters. The number of nitrogens with two attached hydrogens (primary N) is 1. The van der Waals surface area contributed by atoms with E-state index in [1.54, 1.807) is 6.92 Å². The molecule has 0 aliphatic carbocycles. The summed E-state index contributed by atoms with van der Waals surface area (Å²) >= 11 is 2.90. The highest BCUT2D eigenvalue weighted by molar-refractivity contribution is 7.16. The van der Waals surface area contributed by atoms with Crippen LogP contribution >= 0.6 is 22.9 Å². The van der Waals surface area contributed by atoms with E-state index in [0.29, 0.717) is 23.7 Å². The van der Waals surface area contributed by atoms with Crippen molar-refractivity contribution < 1.29 is 9.53 Å². The fourth-order valence-electron chi connectivity index (χ4n) is 2.66. The number of thiophene rings is 1. The molecule has 0 saturated carbocycles. The van der Waals surface area contributed by atoms with Crippen molar-refractivity contribution in [1.82, 2.24) is 9.36 Å². The van der Waals surface area contributed by atoms with E-state index in [9.17, 15) is 4.79 Å². The van der Waals surface area contributed by atoms with Gasteiger partial charge in [0, 0.05) is 28.4 Å². The van der Waals surface area contributed by atoms with Crippen LogP contribution in [0.15, 0.2) is 0 Å². The third-order valence-electron chi connectivity index (χ3n) is 3.92. The molecule has 6 nitrogen and oxygen atoms in total. The van der Waals surface area contributed by atoms with Crippen LogP contribution in [0.3, 0.4) is 0 Å². The third kappa shape index (κ3) is 3.12. The number of hydrogen-bond acceptors (Lipinski definition) is 8. The van der Waals surface area contributed by atoms with Crippen LogP contribution in [0.4, 0.5) is 10.1 Å². The average Bonchev–Trinajstić information content (AvgIpc) is 3.09. The molecule has 0 spiro atoms. The number of esters is 1. The lowest BCUT2D eigenvalue weighted by atomic mass is 9.96. The zero-order valence-corrected chi connectivity index (χ0v) is 16.0. The lowest BCUT2D eigenvalue weighted by Crippen LogP contribution is -2.30. The number of hydrogen-bond donors (Lipinski definition) is 1. The normalized spacial score (nSPS) is 14.6. The van der Waals surface area contributed by atoms with Crippen LogP contribution in [0.5, 0.6) is 0 Å². The Kier molecular flexibility index (Phi) is 4.52. The third-order valence-corrected chi connectivity index (χ3v) is 5.74. The molecule has 1 aliphatic heterocycles. The molecule has 0 fully saturated rings. The first-order valence-corrected chi connectivity index (χ1v) is 9.56. The number of carbonyl (C=O) groups excluding carboxylic acids is 1. The van der Waals surface area contributed by atoms with Crippen LogP contribution in [0, 0.1) is 0 Å². The van der Waals surface area contributed by atoms with Gasteiger partial charge >= 0.3 is 5.97 Å². The Morgan fingerprint density at radius 2 is 2.17 bits per heavy atom. The fourth-order valence-corrected chi connectivity index (χ4v) is 4.67. The average molecular weight is 367 g/mol. The quantitative estimate of drug-likeness (QED) is 0.840. The van der Waals surface area contributed by atoms with E-state index in [1.807, 2.05) is 0 Å². The standard InChI is InChI=1S/C16H22N4O2S2/c1-5-22-13(21)11-9-6-7-20(8-10(9)23-12(11)17)15-18-14(19-24-15)16(2,3)4/h5-8,17H2,1-4H3. The topological polar surface area (TPSA) is 81.3 Å². The van der Waals surface area contributed by atoms with E-state index in [1.165, 1.54) is 22.9 Å². The number of anilines is 2. The Morgan fingerprint density at radius 3 is 2.79 bits per heavy atom. The molecule has 24 heavy (non-hydrogen) atoms. The monoisotopic (exact) mass is 366 g/mol. The van der Waals surface area contributed by atoms with E-state index in [0.717, 1.165) is 34.4 Å². The van der Waals surface area contributed by atoms with Gasteiger partial charge in [-0.1, -0.05) is 20.8 Å². The molecule has 2 N–H and O–H groups in total. The van der Waals surface area contributed by atoms with Crippen molar-refractivity contribution >= 4 is 39.0 Å². The molecule has 0 amide bonds. The number of aromatic nitrogens is 2. The first-order valence-electron chi connectivity index (χ1n) is 7.97. The SMILES string of the molecule is CCOC(=O)c1c(N)sc2c1CCN(c1nc(C(C)(C)C)ns1)C2. The minimum atomic E-state index is -0.313. The van der Waals surface area contributed by atoms with Gasteiger partial charge in [-0.3, -0.25) is 0 Å². The largest absolute Gasteiger partial charge is 0.462 e. The number of fused-ring (bicyclic) bond motifs is 1. The van der Waals surface area contributed by atoms with Crippen molar-refractivity contribution in [2.24, 2.45) is 0 Å². The molecular formula is C16H22N4O2S2. The highest BCUT2D eigenvalue weighted by Crippen LogP contribution is 2.37. The predicted octanol–water partition coefficient (Wildman–Crippen LogP) is 3.22. The Labute approximate surface area is 149 Å². The fraction of sp³-hybridized carbons (Fsp3) is 0.562. The molecule has 2 aromatic heterocycles. The minimum Gasteiger partial charge on any atom is -0.462 e. The summed E-state index contributed by atoms with van der Waals surface area (Å²) < 4.78 is 9.63. The number of ether oxygens (including phenoxy) is 1. The van der Waals surface area contributed by atoms with Gasteiger partial charge in [0.15, 0.2) is 0 Å². The molecule has 2 aromatic rings. The van der Waals surface area contributed by atoms with Crippen molar-refractivity contribution in [3.8, 4) is 0 Å². The summed E-state index contributed by atoms with van der Waals surface area (Å²) in [5, 5.41) is 1.48. The lowest BCUT2D eigenvalue weighted by molar-refractivity contribution is 0.0526. The lowest BCUT2D eigenvalue weighted by Gasteiger charge is -2.26. The maximum absolute atomic E-state index is 12.1. The van der Waals surface area contributed by atoms with Gasteiger partial charge in [0.25, 0.3) is 0 Å². The second-order valence-corrected chi connectivity index (χ2v) is 8.65. The molecule has 0 saturated heterocycles. The number of nitrogen functional groups attached to an aromatic ring is 1. The van der Waals surface area contributed by atoms with Crippen LogP contribution in [0.25, 0.3) is 0 Å². The zero-order valence-electron chi connectivity index (χ0n) is 14.4. The van der Waals surface area contributed by atoms with E-state index in [4.69, 9.17) is 10.5 Å². The van der Waals surface area contributed by atoms with Gasteiger partial charge in [0.1, 0.15) is 10.8 Å². The molecule has 0 unspecified atom stereocenters. The van der Waals surface area contributed by atoms with E-state index in [-0.39, 0.29) is 11.4 Å². The zero-order chi connectivity index (χ0) is 17.5. The van der Waals surface area contributed by atoms with Gasteiger partial charge in [0.05, 0.1) is 18.7 Å². The summed E-state index contributed by atoms with van der Waals surface area (Å²) in [7, 11) is 0. The summed E-state index contributed by atoms with van der Waals surface area (Å²) in [6.45, 7) is 10.00. The number of carbonyl (C=O) groups is 1. The summed E-state index contributed by atoms with van der Waals surface area (Å²) in [6.07, 6.45) is 0.765. The van der Waals surface area contributed by atoms with E-state index < -0.39 is 0 Å². The van der Waals surface area contributed by atoms with Crippen LogP contribution in [0.2, 0.25) is 0 Å². The van der Waals surface area contributed by atoms with Gasteiger partial charge in [-0.05, 0) is 18.9 Å². The Bertz CT molecular complexity index is 761. The molecule has 130 valence electrons. The molecule has 1 aliphatic rings. The van der Waals surface area contributed by atoms with Crippen molar-refractivity contribution in [3.05, 3.63) is 21.8 Å². The van der Waals surface area contributed by atoms with E-state index in [2.05, 4.69) is 35.0 Å². The molecule has 0 aromatic carbocycles. The van der Waals surface area contributed by atoms with E-state index >= 15 is 0 Å². The predicted molar refractivity (Wildman–Crippen MR) is 98.1 cm³/mol. The second kappa shape index (κ2) is 6.33. The number of nitrogens with zero attached hydrogens (tertiary/aromatic N) is 3. The van der Waals surface area contributed by atoms with Crippen LogP contribution in [-0.2, 0) is 23.1 Å². The molecule has 8 heteroatoms. The van der Waals surface area contributed by atoms with Crippen LogP contribution < -0.4 is 10.6 Å². The molecule has 0 bridgehead atoms. The Morgan fingerprint density at radius 1 is 1.42 bits per heavy atom. The highest BCUT2D eigenvalue weighted by Gasteiger charge is 2.29. The van der Waals surface area contributed by atoms with Crippen molar-refractivity contribution in [2.75, 3.05) is 23.8 Å². The Balaban J connectivity index is 1.84. The molecule has 3 heterocycles. The summed E-state index contributed by atoms with van der Waals surface area (Å²) in [5.74, 6) is 0.554. The van der Waals surface area contributed by atoms with Crippen molar-refractivity contribution in [3.63, 3.8) is 0 Å². The molecular weight excluding hydrogens is 344 g/mol. The van der Waals surface area contributed by atoms with Crippen molar-refractivity contribution in [2.45, 2.75) is 46.1 Å². The second-order valence-electron chi connectivity index (χ2n) is 6.79. The van der Waals surface area contributed by atoms with Crippen molar-refractivity contribution in [1.29, 1.82) is 0 Å². The van der Waals surface area contributed by atoms with Gasteiger partial charge in [-0.2, -0.15) is 4.37 Å². The smallest absolute Gasteiger partial charge is 0.341 e. The summed E-state index contributed by atoms with van der Waals surface area (Å²) in [4.78, 5) is 20.1.